The molecule has 0 bridgehead atoms. The van der Waals surface area contributed by atoms with Gasteiger partial charge in [0.15, 0.2) is 0 Å². The molecule has 1 saturated heterocycles. The summed E-state index contributed by atoms with van der Waals surface area (Å²) in [7, 11) is -3.88. The topological polar surface area (TPSA) is 86.7 Å². The predicted octanol–water partition coefficient (Wildman–Crippen LogP) is 0.696. The SMILES string of the molecule is Cc1c(Cl)cccc1S(=O)(=O)N1CCNCC1C(=O)O. The Hall–Kier alpha value is -1.15. The number of aliphatic carboxylic acids is 1. The van der Waals surface area contributed by atoms with Crippen molar-refractivity contribution >= 4 is 27.6 Å². The van der Waals surface area contributed by atoms with Crippen LogP contribution in [0.15, 0.2) is 23.1 Å². The number of benzene rings is 1. The highest BCUT2D eigenvalue weighted by Crippen LogP contribution is 2.27. The average molecular weight is 319 g/mol. The van der Waals surface area contributed by atoms with Gasteiger partial charge in [-0.3, -0.25) is 4.79 Å². The lowest BCUT2D eigenvalue weighted by molar-refractivity contribution is -0.141. The van der Waals surface area contributed by atoms with Crippen LogP contribution in [0.25, 0.3) is 0 Å². The van der Waals surface area contributed by atoms with Crippen LogP contribution in [0.5, 0.6) is 0 Å². The molecule has 2 rings (SSSR count). The molecule has 0 spiro atoms. The van der Waals surface area contributed by atoms with Crippen molar-refractivity contribution in [3.63, 3.8) is 0 Å². The maximum atomic E-state index is 12.7. The molecule has 0 saturated carbocycles. The summed E-state index contributed by atoms with van der Waals surface area (Å²) in [6, 6.07) is 3.48. The maximum absolute atomic E-state index is 12.7. The van der Waals surface area contributed by atoms with Crippen LogP contribution in [0.4, 0.5) is 0 Å². The summed E-state index contributed by atoms with van der Waals surface area (Å²) in [4.78, 5) is 11.3. The molecule has 0 aromatic heterocycles. The van der Waals surface area contributed by atoms with Gasteiger partial charge in [0.25, 0.3) is 0 Å². The van der Waals surface area contributed by atoms with Crippen molar-refractivity contribution in [2.45, 2.75) is 17.9 Å². The molecule has 1 aromatic carbocycles. The quantitative estimate of drug-likeness (QED) is 0.856. The molecule has 1 aliphatic rings. The van der Waals surface area contributed by atoms with Crippen LogP contribution in [0, 0.1) is 6.92 Å². The van der Waals surface area contributed by atoms with E-state index in [4.69, 9.17) is 11.6 Å². The first kappa shape index (κ1) is 15.2. The first-order chi connectivity index (χ1) is 9.35. The molecule has 1 fully saturated rings. The molecule has 8 heteroatoms. The molecule has 1 aliphatic heterocycles. The lowest BCUT2D eigenvalue weighted by Gasteiger charge is -2.32. The van der Waals surface area contributed by atoms with Crippen LogP contribution >= 0.6 is 11.6 Å². The molecule has 0 amide bonds. The molecule has 6 nitrogen and oxygen atoms in total. The highest BCUT2D eigenvalue weighted by atomic mass is 35.5. The molecule has 0 radical (unpaired) electrons. The van der Waals surface area contributed by atoms with Crippen LogP contribution in [0.3, 0.4) is 0 Å². The fourth-order valence-corrected chi connectivity index (χ4v) is 4.24. The van der Waals surface area contributed by atoms with E-state index in [9.17, 15) is 18.3 Å². The molecule has 20 heavy (non-hydrogen) atoms. The molecular weight excluding hydrogens is 304 g/mol. The van der Waals surface area contributed by atoms with E-state index in [1.165, 1.54) is 6.07 Å². The molecule has 1 atom stereocenters. The second kappa shape index (κ2) is 5.69. The number of carboxylic acids is 1. The van der Waals surface area contributed by atoms with Gasteiger partial charge in [0.1, 0.15) is 6.04 Å². The minimum atomic E-state index is -3.88. The van der Waals surface area contributed by atoms with Gasteiger partial charge in [0.05, 0.1) is 4.90 Å². The zero-order chi connectivity index (χ0) is 14.9. The lowest BCUT2D eigenvalue weighted by Crippen LogP contribution is -2.56. The second-order valence-corrected chi connectivity index (χ2v) is 6.80. The minimum Gasteiger partial charge on any atom is -0.480 e. The Bertz CT molecular complexity index is 632. The van der Waals surface area contributed by atoms with Crippen LogP contribution in [0.1, 0.15) is 5.56 Å². The number of hydrogen-bond donors (Lipinski definition) is 2. The number of carbonyl (C=O) groups is 1. The van der Waals surface area contributed by atoms with Crippen molar-refractivity contribution in [3.8, 4) is 0 Å². The molecule has 1 heterocycles. The third kappa shape index (κ3) is 2.67. The summed E-state index contributed by atoms with van der Waals surface area (Å²) in [5, 5.41) is 12.4. The molecular formula is C12H15ClN2O4S. The Kier molecular flexibility index (Phi) is 4.33. The van der Waals surface area contributed by atoms with Gasteiger partial charge in [-0.1, -0.05) is 17.7 Å². The summed E-state index contributed by atoms with van der Waals surface area (Å²) in [6.07, 6.45) is 0. The van der Waals surface area contributed by atoms with Gasteiger partial charge in [-0.05, 0) is 24.6 Å². The third-order valence-corrected chi connectivity index (χ3v) is 5.75. The van der Waals surface area contributed by atoms with Gasteiger partial charge in [-0.25, -0.2) is 8.42 Å². The van der Waals surface area contributed by atoms with E-state index in [0.717, 1.165) is 4.31 Å². The summed E-state index contributed by atoms with van der Waals surface area (Å²) in [6.45, 7) is 2.23. The van der Waals surface area contributed by atoms with Gasteiger partial charge >= 0.3 is 5.97 Å². The van der Waals surface area contributed by atoms with E-state index in [-0.39, 0.29) is 18.0 Å². The number of rotatable bonds is 3. The van der Waals surface area contributed by atoms with E-state index < -0.39 is 22.0 Å². The Morgan fingerprint density at radius 2 is 2.20 bits per heavy atom. The standard InChI is InChI=1S/C12H15ClN2O4S/c1-8-9(13)3-2-4-11(8)20(18,19)15-6-5-14-7-10(15)12(16)17/h2-4,10,14H,5-7H2,1H3,(H,16,17). The lowest BCUT2D eigenvalue weighted by atomic mass is 10.2. The van der Waals surface area contributed by atoms with Crippen LogP contribution in [0.2, 0.25) is 5.02 Å². The Morgan fingerprint density at radius 3 is 2.85 bits per heavy atom. The summed E-state index contributed by atoms with van der Waals surface area (Å²) in [5.74, 6) is -1.17. The zero-order valence-corrected chi connectivity index (χ0v) is 12.4. The fourth-order valence-electron chi connectivity index (χ4n) is 2.18. The maximum Gasteiger partial charge on any atom is 0.323 e. The smallest absolute Gasteiger partial charge is 0.323 e. The molecule has 1 aromatic rings. The fraction of sp³-hybridized carbons (Fsp3) is 0.417. The van der Waals surface area contributed by atoms with Gasteiger partial charge in [-0.15, -0.1) is 0 Å². The van der Waals surface area contributed by atoms with Gasteiger partial charge in [0, 0.05) is 24.7 Å². The van der Waals surface area contributed by atoms with Gasteiger partial charge < -0.3 is 10.4 Å². The largest absolute Gasteiger partial charge is 0.480 e. The van der Waals surface area contributed by atoms with Gasteiger partial charge in [0.2, 0.25) is 10.0 Å². The summed E-state index contributed by atoms with van der Waals surface area (Å²) < 4.78 is 26.3. The number of carboxylic acid groups (broad SMARTS) is 1. The second-order valence-electron chi connectivity index (χ2n) is 4.54. The van der Waals surface area contributed by atoms with Crippen LogP contribution in [-0.4, -0.2) is 49.5 Å². The molecule has 110 valence electrons. The third-order valence-electron chi connectivity index (χ3n) is 3.28. The number of sulfonamides is 1. The first-order valence-corrected chi connectivity index (χ1v) is 7.88. The van der Waals surface area contributed by atoms with Crippen molar-refractivity contribution < 1.29 is 18.3 Å². The number of hydrogen-bond acceptors (Lipinski definition) is 4. The normalized spacial score (nSPS) is 20.8. The number of piperazine rings is 1. The summed E-state index contributed by atoms with van der Waals surface area (Å²) >= 11 is 5.95. The Morgan fingerprint density at radius 1 is 1.50 bits per heavy atom. The number of nitrogens with zero attached hydrogens (tertiary/aromatic N) is 1. The Labute approximate surface area is 122 Å². The van der Waals surface area contributed by atoms with Gasteiger partial charge in [-0.2, -0.15) is 4.31 Å². The van der Waals surface area contributed by atoms with Crippen molar-refractivity contribution in [1.29, 1.82) is 0 Å². The molecule has 1 unspecified atom stereocenters. The highest BCUT2D eigenvalue weighted by Gasteiger charge is 2.38. The van der Waals surface area contributed by atoms with Crippen molar-refractivity contribution in [1.82, 2.24) is 9.62 Å². The van der Waals surface area contributed by atoms with E-state index in [1.807, 2.05) is 0 Å². The van der Waals surface area contributed by atoms with Crippen molar-refractivity contribution in [2.75, 3.05) is 19.6 Å². The van der Waals surface area contributed by atoms with E-state index in [1.54, 1.807) is 19.1 Å². The van der Waals surface area contributed by atoms with E-state index in [0.29, 0.717) is 17.1 Å². The monoisotopic (exact) mass is 318 g/mol. The first-order valence-electron chi connectivity index (χ1n) is 6.06. The van der Waals surface area contributed by atoms with Crippen molar-refractivity contribution in [3.05, 3.63) is 28.8 Å². The Balaban J connectivity index is 2.48. The predicted molar refractivity (Wildman–Crippen MR) is 74.4 cm³/mol. The molecule has 2 N–H and O–H groups in total. The molecule has 0 aliphatic carbocycles. The van der Waals surface area contributed by atoms with Crippen LogP contribution in [-0.2, 0) is 14.8 Å². The number of halogens is 1. The summed E-state index contributed by atoms with van der Waals surface area (Å²) in [5.41, 5.74) is 0.428. The van der Waals surface area contributed by atoms with Crippen LogP contribution < -0.4 is 5.32 Å². The highest BCUT2D eigenvalue weighted by molar-refractivity contribution is 7.89. The van der Waals surface area contributed by atoms with E-state index >= 15 is 0 Å². The van der Waals surface area contributed by atoms with E-state index in [2.05, 4.69) is 5.32 Å². The average Bonchev–Trinajstić information content (AvgIpc) is 2.41. The van der Waals surface area contributed by atoms with Crippen molar-refractivity contribution in [2.24, 2.45) is 0 Å². The number of nitrogens with one attached hydrogen (secondary N) is 1. The zero-order valence-electron chi connectivity index (χ0n) is 10.8. The minimum absolute atomic E-state index is 0.0538.